The van der Waals surface area contributed by atoms with Gasteiger partial charge in [0.05, 0.1) is 5.52 Å². The van der Waals surface area contributed by atoms with Gasteiger partial charge in [-0.25, -0.2) is 0 Å². The van der Waals surface area contributed by atoms with Crippen LogP contribution in [0.15, 0.2) is 12.1 Å². The topological polar surface area (TPSA) is 54.7 Å². The monoisotopic (exact) mass is 175 g/mol. The highest BCUT2D eigenvalue weighted by Crippen LogP contribution is 2.20. The number of aromatic nitrogens is 2. The predicted molar refractivity (Wildman–Crippen MR) is 53.5 cm³/mol. The van der Waals surface area contributed by atoms with Crippen LogP contribution >= 0.6 is 0 Å². The first-order valence-corrected chi connectivity index (χ1v) is 4.36. The van der Waals surface area contributed by atoms with Crippen LogP contribution in [0.5, 0.6) is 0 Å². The fraction of sp³-hybridized carbons (Fsp3) is 0.300. The smallest absolute Gasteiger partial charge is 0.0952 e. The van der Waals surface area contributed by atoms with Crippen LogP contribution in [0.2, 0.25) is 0 Å². The zero-order chi connectivity index (χ0) is 9.42. The third-order valence-electron chi connectivity index (χ3n) is 2.34. The lowest BCUT2D eigenvalue weighted by Crippen LogP contribution is -1.96. The summed E-state index contributed by atoms with van der Waals surface area (Å²) in [5.74, 6) is 0. The molecule has 2 aromatic rings. The van der Waals surface area contributed by atoms with E-state index in [9.17, 15) is 0 Å². The van der Waals surface area contributed by atoms with Crippen molar-refractivity contribution in [1.82, 2.24) is 10.2 Å². The minimum Gasteiger partial charge on any atom is -0.326 e. The Bertz CT molecular complexity index is 443. The molecule has 0 bridgehead atoms. The Hall–Kier alpha value is -1.35. The molecule has 3 heteroatoms. The van der Waals surface area contributed by atoms with Gasteiger partial charge in [-0.3, -0.25) is 5.10 Å². The first kappa shape index (κ1) is 8.26. The van der Waals surface area contributed by atoms with Gasteiger partial charge < -0.3 is 5.73 Å². The third-order valence-corrected chi connectivity index (χ3v) is 2.34. The van der Waals surface area contributed by atoms with Crippen LogP contribution in [0.25, 0.3) is 10.9 Å². The Balaban J connectivity index is 2.80. The minimum atomic E-state index is 0.585. The Morgan fingerprint density at radius 1 is 1.38 bits per heavy atom. The van der Waals surface area contributed by atoms with E-state index >= 15 is 0 Å². The highest BCUT2D eigenvalue weighted by Gasteiger charge is 2.05. The van der Waals surface area contributed by atoms with Gasteiger partial charge in [-0.15, -0.1) is 0 Å². The van der Waals surface area contributed by atoms with Crippen molar-refractivity contribution >= 4 is 10.9 Å². The van der Waals surface area contributed by atoms with Crippen molar-refractivity contribution in [2.75, 3.05) is 0 Å². The van der Waals surface area contributed by atoms with Gasteiger partial charge in [0.1, 0.15) is 0 Å². The molecule has 13 heavy (non-hydrogen) atoms. The lowest BCUT2D eigenvalue weighted by molar-refractivity contribution is 1.06. The van der Waals surface area contributed by atoms with Crippen LogP contribution in [0.4, 0.5) is 0 Å². The Morgan fingerprint density at radius 2 is 2.15 bits per heavy atom. The Kier molecular flexibility index (Phi) is 1.81. The van der Waals surface area contributed by atoms with Crippen LogP contribution in [-0.2, 0) is 6.54 Å². The molecular weight excluding hydrogens is 162 g/mol. The van der Waals surface area contributed by atoms with Crippen molar-refractivity contribution in [2.45, 2.75) is 20.4 Å². The summed E-state index contributed by atoms with van der Waals surface area (Å²) in [7, 11) is 0. The van der Waals surface area contributed by atoms with Gasteiger partial charge in [-0.1, -0.05) is 6.07 Å². The standard InChI is InChI=1S/C10H13N3/c1-6-3-8(5-11)4-9-7(2)12-13-10(6)9/h3-4H,5,11H2,1-2H3,(H,12,13). The molecule has 1 aromatic carbocycles. The fourth-order valence-electron chi connectivity index (χ4n) is 1.61. The van der Waals surface area contributed by atoms with Gasteiger partial charge in [-0.05, 0) is 31.0 Å². The van der Waals surface area contributed by atoms with Crippen LogP contribution in [0.3, 0.4) is 0 Å². The van der Waals surface area contributed by atoms with Gasteiger partial charge in [0.2, 0.25) is 0 Å². The molecule has 0 unspecified atom stereocenters. The van der Waals surface area contributed by atoms with Gasteiger partial charge >= 0.3 is 0 Å². The second-order valence-corrected chi connectivity index (χ2v) is 3.36. The molecule has 3 nitrogen and oxygen atoms in total. The summed E-state index contributed by atoms with van der Waals surface area (Å²) in [4.78, 5) is 0. The van der Waals surface area contributed by atoms with E-state index in [0.717, 1.165) is 16.8 Å². The molecular formula is C10H13N3. The molecule has 0 aliphatic heterocycles. The average molecular weight is 175 g/mol. The fourth-order valence-corrected chi connectivity index (χ4v) is 1.61. The van der Waals surface area contributed by atoms with E-state index in [-0.39, 0.29) is 0 Å². The number of rotatable bonds is 1. The molecule has 0 fully saturated rings. The molecule has 3 N–H and O–H groups in total. The number of nitrogens with one attached hydrogen (secondary N) is 1. The maximum Gasteiger partial charge on any atom is 0.0952 e. The summed E-state index contributed by atoms with van der Waals surface area (Å²) < 4.78 is 0. The minimum absolute atomic E-state index is 0.585. The SMILES string of the molecule is Cc1[nH]nc2c(C)cc(CN)cc12. The lowest BCUT2D eigenvalue weighted by Gasteiger charge is -2.00. The maximum atomic E-state index is 5.60. The first-order valence-electron chi connectivity index (χ1n) is 4.36. The summed E-state index contributed by atoms with van der Waals surface area (Å²) in [5, 5.41) is 8.39. The lowest BCUT2D eigenvalue weighted by atomic mass is 10.1. The number of benzene rings is 1. The van der Waals surface area contributed by atoms with Crippen molar-refractivity contribution in [3.05, 3.63) is 29.0 Å². The number of aryl methyl sites for hydroxylation is 2. The summed E-state index contributed by atoms with van der Waals surface area (Å²) in [6.07, 6.45) is 0. The van der Waals surface area contributed by atoms with E-state index in [1.54, 1.807) is 0 Å². The number of nitrogens with two attached hydrogens (primary N) is 1. The highest BCUT2D eigenvalue weighted by molar-refractivity contribution is 5.84. The molecule has 0 saturated carbocycles. The van der Waals surface area contributed by atoms with E-state index in [1.165, 1.54) is 10.9 Å². The van der Waals surface area contributed by atoms with E-state index < -0.39 is 0 Å². The van der Waals surface area contributed by atoms with E-state index in [2.05, 4.69) is 29.3 Å². The molecule has 0 spiro atoms. The van der Waals surface area contributed by atoms with Crippen molar-refractivity contribution in [3.63, 3.8) is 0 Å². The number of hydrogen-bond donors (Lipinski definition) is 2. The molecule has 0 amide bonds. The quantitative estimate of drug-likeness (QED) is 0.692. The van der Waals surface area contributed by atoms with Gasteiger partial charge in [0, 0.05) is 17.6 Å². The summed E-state index contributed by atoms with van der Waals surface area (Å²) in [6, 6.07) is 4.18. The second-order valence-electron chi connectivity index (χ2n) is 3.36. The molecule has 1 heterocycles. The maximum absolute atomic E-state index is 5.60. The van der Waals surface area contributed by atoms with Crippen molar-refractivity contribution in [3.8, 4) is 0 Å². The third kappa shape index (κ3) is 1.21. The molecule has 2 rings (SSSR count). The van der Waals surface area contributed by atoms with Gasteiger partial charge in [0.15, 0.2) is 0 Å². The summed E-state index contributed by atoms with van der Waals surface area (Å²) in [5.41, 5.74) is 10.1. The van der Waals surface area contributed by atoms with Crippen LogP contribution < -0.4 is 5.73 Å². The molecule has 0 aliphatic rings. The summed E-state index contributed by atoms with van der Waals surface area (Å²) in [6.45, 7) is 4.66. The number of hydrogen-bond acceptors (Lipinski definition) is 2. The zero-order valence-corrected chi connectivity index (χ0v) is 7.89. The normalized spacial score (nSPS) is 11.0. The largest absolute Gasteiger partial charge is 0.326 e. The second kappa shape index (κ2) is 2.85. The molecule has 0 aliphatic carbocycles. The molecule has 1 aromatic heterocycles. The van der Waals surface area contributed by atoms with E-state index in [0.29, 0.717) is 6.54 Å². The highest BCUT2D eigenvalue weighted by atomic mass is 15.1. The van der Waals surface area contributed by atoms with E-state index in [1.807, 2.05) is 6.92 Å². The van der Waals surface area contributed by atoms with Crippen LogP contribution in [-0.4, -0.2) is 10.2 Å². The molecule has 0 radical (unpaired) electrons. The number of H-pyrrole nitrogens is 1. The van der Waals surface area contributed by atoms with Crippen molar-refractivity contribution in [1.29, 1.82) is 0 Å². The molecule has 0 atom stereocenters. The first-order chi connectivity index (χ1) is 6.22. The zero-order valence-electron chi connectivity index (χ0n) is 7.89. The van der Waals surface area contributed by atoms with Crippen molar-refractivity contribution in [2.24, 2.45) is 5.73 Å². The predicted octanol–water partition coefficient (Wildman–Crippen LogP) is 1.64. The van der Waals surface area contributed by atoms with E-state index in [4.69, 9.17) is 5.73 Å². The van der Waals surface area contributed by atoms with Crippen molar-refractivity contribution < 1.29 is 0 Å². The number of aromatic amines is 1. The average Bonchev–Trinajstić information content (AvgIpc) is 2.48. The van der Waals surface area contributed by atoms with Crippen LogP contribution in [0.1, 0.15) is 16.8 Å². The Morgan fingerprint density at radius 3 is 2.85 bits per heavy atom. The number of nitrogens with zero attached hydrogens (tertiary/aromatic N) is 1. The molecule has 68 valence electrons. The van der Waals surface area contributed by atoms with Gasteiger partial charge in [0.25, 0.3) is 0 Å². The Labute approximate surface area is 76.9 Å². The summed E-state index contributed by atoms with van der Waals surface area (Å²) >= 11 is 0. The van der Waals surface area contributed by atoms with Gasteiger partial charge in [-0.2, -0.15) is 5.10 Å². The molecule has 0 saturated heterocycles. The number of fused-ring (bicyclic) bond motifs is 1. The van der Waals surface area contributed by atoms with Crippen LogP contribution in [0, 0.1) is 13.8 Å².